The van der Waals surface area contributed by atoms with Crippen LogP contribution in [0.4, 0.5) is 13.2 Å². The van der Waals surface area contributed by atoms with Crippen LogP contribution in [0, 0.1) is 17.5 Å². The van der Waals surface area contributed by atoms with Crippen LogP contribution in [0.2, 0.25) is 0 Å². The first-order chi connectivity index (χ1) is 10.0. The van der Waals surface area contributed by atoms with E-state index in [1.54, 1.807) is 12.1 Å². The first-order valence-electron chi connectivity index (χ1n) is 7.01. The van der Waals surface area contributed by atoms with E-state index in [-0.39, 0.29) is 11.6 Å². The van der Waals surface area contributed by atoms with Gasteiger partial charge in [-0.1, -0.05) is 31.2 Å². The standard InChI is InChI=1S/C17H18F3N/c1-3-8-21-11(2)13-6-4-5-7-14(13)17-15(19)9-12(18)10-16(17)20/h4-7,9-11,21H,3,8H2,1-2H3. The van der Waals surface area contributed by atoms with E-state index in [1.807, 2.05) is 26.0 Å². The molecule has 0 spiro atoms. The Labute approximate surface area is 122 Å². The third-order valence-electron chi connectivity index (χ3n) is 3.40. The molecular weight excluding hydrogens is 275 g/mol. The Kier molecular flexibility index (Phi) is 5.02. The highest BCUT2D eigenvalue weighted by atomic mass is 19.1. The van der Waals surface area contributed by atoms with Crippen LogP contribution in [-0.4, -0.2) is 6.54 Å². The van der Waals surface area contributed by atoms with E-state index in [0.717, 1.165) is 18.5 Å². The molecule has 0 radical (unpaired) electrons. The molecule has 0 heterocycles. The Morgan fingerprint density at radius 2 is 1.67 bits per heavy atom. The molecule has 2 rings (SSSR count). The highest BCUT2D eigenvalue weighted by Crippen LogP contribution is 2.32. The van der Waals surface area contributed by atoms with Gasteiger partial charge < -0.3 is 5.32 Å². The van der Waals surface area contributed by atoms with Gasteiger partial charge in [0, 0.05) is 18.2 Å². The minimum Gasteiger partial charge on any atom is -0.310 e. The topological polar surface area (TPSA) is 12.0 Å². The zero-order valence-electron chi connectivity index (χ0n) is 12.1. The second-order valence-corrected chi connectivity index (χ2v) is 5.01. The average molecular weight is 293 g/mol. The summed E-state index contributed by atoms with van der Waals surface area (Å²) in [5.41, 5.74) is 1.05. The van der Waals surface area contributed by atoms with Crippen molar-refractivity contribution in [1.82, 2.24) is 5.32 Å². The van der Waals surface area contributed by atoms with Gasteiger partial charge in [0.05, 0.1) is 5.56 Å². The van der Waals surface area contributed by atoms with Crippen LogP contribution in [0.25, 0.3) is 11.1 Å². The van der Waals surface area contributed by atoms with Crippen molar-refractivity contribution in [2.45, 2.75) is 26.3 Å². The number of hydrogen-bond donors (Lipinski definition) is 1. The molecule has 0 aromatic heterocycles. The molecule has 0 bridgehead atoms. The van der Waals surface area contributed by atoms with Gasteiger partial charge in [0.15, 0.2) is 0 Å². The van der Waals surface area contributed by atoms with Gasteiger partial charge in [-0.05, 0) is 31.0 Å². The normalized spacial score (nSPS) is 12.4. The average Bonchev–Trinajstić information content (AvgIpc) is 2.44. The second kappa shape index (κ2) is 6.76. The van der Waals surface area contributed by atoms with Gasteiger partial charge >= 0.3 is 0 Å². The summed E-state index contributed by atoms with van der Waals surface area (Å²) in [5, 5.41) is 3.29. The van der Waals surface area contributed by atoms with Crippen LogP contribution < -0.4 is 5.32 Å². The van der Waals surface area contributed by atoms with Crippen molar-refractivity contribution < 1.29 is 13.2 Å². The molecule has 4 heteroatoms. The van der Waals surface area contributed by atoms with E-state index < -0.39 is 17.5 Å². The van der Waals surface area contributed by atoms with Crippen molar-refractivity contribution in [3.8, 4) is 11.1 Å². The van der Waals surface area contributed by atoms with Gasteiger partial charge in [-0.2, -0.15) is 0 Å². The molecule has 2 aromatic rings. The molecule has 0 aliphatic carbocycles. The summed E-state index contributed by atoms with van der Waals surface area (Å²) in [6, 6.07) is 8.38. The Bertz CT molecular complexity index is 602. The lowest BCUT2D eigenvalue weighted by atomic mass is 9.94. The molecule has 1 unspecified atom stereocenters. The first-order valence-corrected chi connectivity index (χ1v) is 7.01. The third kappa shape index (κ3) is 3.45. The Morgan fingerprint density at radius 1 is 1.05 bits per heavy atom. The predicted molar refractivity (Wildman–Crippen MR) is 78.5 cm³/mol. The summed E-state index contributed by atoms with van der Waals surface area (Å²) < 4.78 is 41.0. The van der Waals surface area contributed by atoms with Crippen LogP contribution in [0.3, 0.4) is 0 Å². The van der Waals surface area contributed by atoms with Crippen LogP contribution in [0.15, 0.2) is 36.4 Å². The molecule has 0 aliphatic heterocycles. The van der Waals surface area contributed by atoms with Gasteiger partial charge in [0.1, 0.15) is 17.5 Å². The molecule has 1 N–H and O–H groups in total. The molecule has 1 atom stereocenters. The predicted octanol–water partition coefficient (Wildman–Crippen LogP) is 4.83. The molecule has 0 saturated heterocycles. The van der Waals surface area contributed by atoms with E-state index >= 15 is 0 Å². The van der Waals surface area contributed by atoms with Crippen molar-refractivity contribution in [1.29, 1.82) is 0 Å². The van der Waals surface area contributed by atoms with E-state index in [2.05, 4.69) is 5.32 Å². The van der Waals surface area contributed by atoms with E-state index in [4.69, 9.17) is 0 Å². The number of halogens is 3. The van der Waals surface area contributed by atoms with Crippen LogP contribution in [-0.2, 0) is 0 Å². The zero-order chi connectivity index (χ0) is 15.4. The molecule has 2 aromatic carbocycles. The van der Waals surface area contributed by atoms with Crippen LogP contribution in [0.1, 0.15) is 31.9 Å². The summed E-state index contributed by atoms with van der Waals surface area (Å²) in [6.07, 6.45) is 0.964. The van der Waals surface area contributed by atoms with Crippen LogP contribution in [0.5, 0.6) is 0 Å². The number of nitrogens with one attached hydrogen (secondary N) is 1. The van der Waals surface area contributed by atoms with Gasteiger partial charge in [-0.15, -0.1) is 0 Å². The number of benzene rings is 2. The van der Waals surface area contributed by atoms with Gasteiger partial charge in [-0.3, -0.25) is 0 Å². The second-order valence-electron chi connectivity index (χ2n) is 5.01. The Hall–Kier alpha value is -1.81. The molecule has 1 nitrogen and oxygen atoms in total. The maximum atomic E-state index is 14.0. The zero-order valence-corrected chi connectivity index (χ0v) is 12.1. The summed E-state index contributed by atoms with van der Waals surface area (Å²) in [4.78, 5) is 0. The van der Waals surface area contributed by atoms with E-state index in [1.165, 1.54) is 0 Å². The molecule has 0 amide bonds. The number of hydrogen-bond acceptors (Lipinski definition) is 1. The van der Waals surface area contributed by atoms with E-state index in [9.17, 15) is 13.2 Å². The van der Waals surface area contributed by atoms with Crippen molar-refractivity contribution >= 4 is 0 Å². The molecule has 21 heavy (non-hydrogen) atoms. The Morgan fingerprint density at radius 3 is 2.29 bits per heavy atom. The highest BCUT2D eigenvalue weighted by molar-refractivity contribution is 5.69. The highest BCUT2D eigenvalue weighted by Gasteiger charge is 2.18. The SMILES string of the molecule is CCCNC(C)c1ccccc1-c1c(F)cc(F)cc1F. The van der Waals surface area contributed by atoms with Crippen molar-refractivity contribution in [2.24, 2.45) is 0 Å². The fraction of sp³-hybridized carbons (Fsp3) is 0.294. The number of rotatable bonds is 5. The van der Waals surface area contributed by atoms with Crippen LogP contribution >= 0.6 is 0 Å². The lowest BCUT2D eigenvalue weighted by molar-refractivity contribution is 0.545. The van der Waals surface area contributed by atoms with Crippen molar-refractivity contribution in [3.05, 3.63) is 59.4 Å². The molecule has 112 valence electrons. The van der Waals surface area contributed by atoms with Gasteiger partial charge in [0.2, 0.25) is 0 Å². The van der Waals surface area contributed by atoms with Gasteiger partial charge in [0.25, 0.3) is 0 Å². The maximum absolute atomic E-state index is 14.0. The fourth-order valence-corrected chi connectivity index (χ4v) is 2.37. The lowest BCUT2D eigenvalue weighted by Crippen LogP contribution is -2.20. The van der Waals surface area contributed by atoms with E-state index in [0.29, 0.717) is 17.7 Å². The third-order valence-corrected chi connectivity index (χ3v) is 3.40. The molecule has 0 fully saturated rings. The maximum Gasteiger partial charge on any atom is 0.136 e. The van der Waals surface area contributed by atoms with Gasteiger partial charge in [-0.25, -0.2) is 13.2 Å². The minimum atomic E-state index is -0.914. The summed E-state index contributed by atoms with van der Waals surface area (Å²) in [5.74, 6) is -2.69. The smallest absolute Gasteiger partial charge is 0.136 e. The lowest BCUT2D eigenvalue weighted by Gasteiger charge is -2.18. The molecular formula is C17H18F3N. The minimum absolute atomic E-state index is 0.0509. The monoisotopic (exact) mass is 293 g/mol. The first kappa shape index (κ1) is 15.6. The van der Waals surface area contributed by atoms with Crippen molar-refractivity contribution in [3.63, 3.8) is 0 Å². The fourth-order valence-electron chi connectivity index (χ4n) is 2.37. The summed E-state index contributed by atoms with van der Waals surface area (Å²) >= 11 is 0. The van der Waals surface area contributed by atoms with Crippen molar-refractivity contribution in [2.75, 3.05) is 6.54 Å². The molecule has 0 aliphatic rings. The Balaban J connectivity index is 2.50. The molecule has 0 saturated carbocycles. The summed E-state index contributed by atoms with van der Waals surface area (Å²) in [7, 11) is 0. The summed E-state index contributed by atoms with van der Waals surface area (Å²) in [6.45, 7) is 4.79. The quantitative estimate of drug-likeness (QED) is 0.832. The largest absolute Gasteiger partial charge is 0.310 e.